The number of nitrogens with zero attached hydrogens (tertiary/aromatic N) is 2. The summed E-state index contributed by atoms with van der Waals surface area (Å²) in [6.07, 6.45) is 1.91. The minimum absolute atomic E-state index is 0.422. The Morgan fingerprint density at radius 2 is 1.68 bits per heavy atom. The average Bonchev–Trinajstić information content (AvgIpc) is 2.97. The van der Waals surface area contributed by atoms with E-state index >= 15 is 0 Å². The van der Waals surface area contributed by atoms with Gasteiger partial charge in [-0.1, -0.05) is 30.3 Å². The molecule has 0 radical (unpaired) electrons. The molecule has 3 rings (SSSR count). The zero-order valence-corrected chi connectivity index (χ0v) is 12.5. The number of aromatic nitrogens is 2. The van der Waals surface area contributed by atoms with E-state index in [0.717, 1.165) is 16.9 Å². The zero-order chi connectivity index (χ0) is 15.5. The number of hydrogen-bond donors (Lipinski definition) is 1. The normalized spacial score (nSPS) is 10.5. The molecule has 0 fully saturated rings. The second kappa shape index (κ2) is 5.81. The van der Waals surface area contributed by atoms with Gasteiger partial charge >= 0.3 is 0 Å². The minimum Gasteiger partial charge on any atom is -0.493 e. The van der Waals surface area contributed by atoms with Crippen molar-refractivity contribution in [2.75, 3.05) is 20.0 Å². The first-order valence-corrected chi connectivity index (χ1v) is 6.85. The van der Waals surface area contributed by atoms with Gasteiger partial charge in [-0.25, -0.2) is 4.98 Å². The molecule has 2 aromatic carbocycles. The number of methoxy groups -OCH3 is 2. The number of anilines is 1. The number of benzene rings is 2. The summed E-state index contributed by atoms with van der Waals surface area (Å²) in [4.78, 5) is 4.42. The van der Waals surface area contributed by atoms with Crippen molar-refractivity contribution in [1.82, 2.24) is 9.55 Å². The summed E-state index contributed by atoms with van der Waals surface area (Å²) in [5.41, 5.74) is 8.77. The molecule has 0 bridgehead atoms. The lowest BCUT2D eigenvalue weighted by atomic mass is 10.2. The fourth-order valence-electron chi connectivity index (χ4n) is 2.32. The van der Waals surface area contributed by atoms with Crippen molar-refractivity contribution in [3.05, 3.63) is 54.7 Å². The second-order valence-electron chi connectivity index (χ2n) is 4.76. The quantitative estimate of drug-likeness (QED) is 0.803. The van der Waals surface area contributed by atoms with Gasteiger partial charge in [-0.15, -0.1) is 0 Å². The summed E-state index contributed by atoms with van der Waals surface area (Å²) in [6.45, 7) is 0. The first-order valence-electron chi connectivity index (χ1n) is 6.85. The lowest BCUT2D eigenvalue weighted by Crippen LogP contribution is -2.00. The van der Waals surface area contributed by atoms with Crippen LogP contribution in [0.3, 0.4) is 0 Å². The van der Waals surface area contributed by atoms with E-state index in [2.05, 4.69) is 4.98 Å². The maximum atomic E-state index is 6.05. The molecule has 0 aliphatic carbocycles. The van der Waals surface area contributed by atoms with Crippen molar-refractivity contribution in [1.29, 1.82) is 0 Å². The number of imidazole rings is 1. The highest BCUT2D eigenvalue weighted by Gasteiger charge is 2.11. The Hall–Kier alpha value is -2.95. The van der Waals surface area contributed by atoms with Crippen LogP contribution in [0.15, 0.2) is 54.7 Å². The molecule has 0 saturated heterocycles. The van der Waals surface area contributed by atoms with Gasteiger partial charge in [0.2, 0.25) is 5.95 Å². The molecule has 2 N–H and O–H groups in total. The summed E-state index contributed by atoms with van der Waals surface area (Å²) >= 11 is 0. The van der Waals surface area contributed by atoms with Gasteiger partial charge in [0.05, 0.1) is 25.6 Å². The molecule has 0 unspecified atom stereocenters. The molecule has 3 aromatic rings. The largest absolute Gasteiger partial charge is 0.493 e. The third-order valence-corrected chi connectivity index (χ3v) is 3.45. The van der Waals surface area contributed by atoms with Crippen LogP contribution in [-0.2, 0) is 0 Å². The van der Waals surface area contributed by atoms with Gasteiger partial charge in [-0.3, -0.25) is 4.57 Å². The van der Waals surface area contributed by atoms with Gasteiger partial charge in [0.25, 0.3) is 0 Å². The number of rotatable bonds is 4. The maximum Gasteiger partial charge on any atom is 0.205 e. The number of ether oxygens (including phenoxy) is 2. The molecular weight excluding hydrogens is 278 g/mol. The van der Waals surface area contributed by atoms with E-state index in [1.807, 2.05) is 59.3 Å². The van der Waals surface area contributed by atoms with Crippen molar-refractivity contribution >= 4 is 5.95 Å². The highest BCUT2D eigenvalue weighted by molar-refractivity contribution is 5.62. The van der Waals surface area contributed by atoms with E-state index < -0.39 is 0 Å². The van der Waals surface area contributed by atoms with E-state index in [9.17, 15) is 0 Å². The molecule has 1 aromatic heterocycles. The summed E-state index contributed by atoms with van der Waals surface area (Å²) in [5, 5.41) is 0. The predicted octanol–water partition coefficient (Wildman–Crippen LogP) is 3.14. The topological polar surface area (TPSA) is 62.3 Å². The van der Waals surface area contributed by atoms with Gasteiger partial charge in [0, 0.05) is 17.8 Å². The minimum atomic E-state index is 0.422. The molecule has 0 amide bonds. The number of hydrogen-bond acceptors (Lipinski definition) is 4. The zero-order valence-electron chi connectivity index (χ0n) is 12.5. The van der Waals surface area contributed by atoms with E-state index in [1.54, 1.807) is 14.2 Å². The molecule has 22 heavy (non-hydrogen) atoms. The summed E-state index contributed by atoms with van der Waals surface area (Å²) in [7, 11) is 3.21. The highest BCUT2D eigenvalue weighted by Crippen LogP contribution is 2.31. The van der Waals surface area contributed by atoms with Crippen molar-refractivity contribution < 1.29 is 9.47 Å². The van der Waals surface area contributed by atoms with Crippen LogP contribution in [0.5, 0.6) is 11.5 Å². The summed E-state index contributed by atoms with van der Waals surface area (Å²) in [5.74, 6) is 1.74. The first kappa shape index (κ1) is 14.0. The van der Waals surface area contributed by atoms with Crippen molar-refractivity contribution in [3.8, 4) is 28.4 Å². The molecule has 0 aliphatic rings. The van der Waals surface area contributed by atoms with Crippen LogP contribution in [0.25, 0.3) is 16.9 Å². The predicted molar refractivity (Wildman–Crippen MR) is 86.5 cm³/mol. The van der Waals surface area contributed by atoms with Crippen LogP contribution >= 0.6 is 0 Å². The van der Waals surface area contributed by atoms with Crippen LogP contribution in [0, 0.1) is 0 Å². The molecule has 0 saturated carbocycles. The van der Waals surface area contributed by atoms with E-state index in [0.29, 0.717) is 17.4 Å². The Bertz CT molecular complexity index is 782. The van der Waals surface area contributed by atoms with Crippen LogP contribution in [0.4, 0.5) is 5.95 Å². The van der Waals surface area contributed by atoms with Gasteiger partial charge < -0.3 is 15.2 Å². The summed E-state index contributed by atoms with van der Waals surface area (Å²) < 4.78 is 12.4. The van der Waals surface area contributed by atoms with Gasteiger partial charge in [0.1, 0.15) is 0 Å². The number of nitrogens with two attached hydrogens (primary N) is 1. The second-order valence-corrected chi connectivity index (χ2v) is 4.76. The van der Waals surface area contributed by atoms with Gasteiger partial charge in [-0.05, 0) is 12.1 Å². The Morgan fingerprint density at radius 3 is 2.36 bits per heavy atom. The first-order chi connectivity index (χ1) is 10.7. The lowest BCUT2D eigenvalue weighted by Gasteiger charge is -2.10. The van der Waals surface area contributed by atoms with Crippen LogP contribution in [-0.4, -0.2) is 23.8 Å². The molecular formula is C17H17N3O2. The van der Waals surface area contributed by atoms with Crippen LogP contribution in [0.1, 0.15) is 0 Å². The number of nitrogen functional groups attached to an aromatic ring is 1. The average molecular weight is 295 g/mol. The van der Waals surface area contributed by atoms with Crippen LogP contribution in [0.2, 0.25) is 0 Å². The molecule has 1 heterocycles. The van der Waals surface area contributed by atoms with Gasteiger partial charge in [0.15, 0.2) is 11.5 Å². The van der Waals surface area contributed by atoms with E-state index in [1.165, 1.54) is 0 Å². The van der Waals surface area contributed by atoms with E-state index in [4.69, 9.17) is 15.2 Å². The maximum absolute atomic E-state index is 6.05. The molecule has 0 aliphatic heterocycles. The third-order valence-electron chi connectivity index (χ3n) is 3.45. The molecule has 5 nitrogen and oxygen atoms in total. The van der Waals surface area contributed by atoms with Crippen LogP contribution < -0.4 is 15.2 Å². The Kier molecular flexibility index (Phi) is 3.70. The smallest absolute Gasteiger partial charge is 0.205 e. The Labute approximate surface area is 128 Å². The SMILES string of the molecule is COc1ccc(-n2cc(-c3ccccc3)nc2N)cc1OC. The highest BCUT2D eigenvalue weighted by atomic mass is 16.5. The van der Waals surface area contributed by atoms with E-state index in [-0.39, 0.29) is 0 Å². The summed E-state index contributed by atoms with van der Waals surface area (Å²) in [6, 6.07) is 15.5. The molecule has 112 valence electrons. The Morgan fingerprint density at radius 1 is 0.955 bits per heavy atom. The Balaban J connectivity index is 2.04. The van der Waals surface area contributed by atoms with Gasteiger partial charge in [-0.2, -0.15) is 0 Å². The molecule has 0 atom stereocenters. The fraction of sp³-hybridized carbons (Fsp3) is 0.118. The monoisotopic (exact) mass is 295 g/mol. The molecule has 0 spiro atoms. The standard InChI is InChI=1S/C17H17N3O2/c1-21-15-9-8-13(10-16(15)22-2)20-11-14(19-17(20)18)12-6-4-3-5-7-12/h3-11H,1-2H3,(H2,18,19). The van der Waals surface area contributed by atoms with Crippen molar-refractivity contribution in [2.45, 2.75) is 0 Å². The lowest BCUT2D eigenvalue weighted by molar-refractivity contribution is 0.355. The van der Waals surface area contributed by atoms with Crippen molar-refractivity contribution in [2.24, 2.45) is 0 Å². The van der Waals surface area contributed by atoms with Crippen molar-refractivity contribution in [3.63, 3.8) is 0 Å². The fourth-order valence-corrected chi connectivity index (χ4v) is 2.32. The third kappa shape index (κ3) is 2.48. The molecule has 5 heteroatoms.